The Morgan fingerprint density at radius 2 is 0.785 bits per heavy atom. The highest BCUT2D eigenvalue weighted by Gasteiger charge is 2.26. The molecule has 33 heteroatoms. The van der Waals surface area contributed by atoms with E-state index in [0.29, 0.717) is 62.0 Å². The summed E-state index contributed by atoms with van der Waals surface area (Å²) in [4.78, 5) is 147. The van der Waals surface area contributed by atoms with Gasteiger partial charge in [0, 0.05) is 156 Å². The van der Waals surface area contributed by atoms with Crippen LogP contribution >= 0.6 is 47.8 Å². The van der Waals surface area contributed by atoms with Crippen molar-refractivity contribution in [3.63, 3.8) is 0 Å². The molecule has 0 atom stereocenters. The number of rotatable bonds is 26. The molecule has 0 saturated carbocycles. The Labute approximate surface area is 778 Å². The molecule has 130 heavy (non-hydrogen) atoms. The van der Waals surface area contributed by atoms with Gasteiger partial charge in [-0.2, -0.15) is 0 Å². The number of nitrogen functional groups attached to an aromatic ring is 1. The molecular weight excluding hydrogens is 1850 g/mol. The van der Waals surface area contributed by atoms with Crippen molar-refractivity contribution < 1.29 is 62.5 Å². The zero-order valence-corrected chi connectivity index (χ0v) is 79.3. The van der Waals surface area contributed by atoms with Crippen LogP contribution < -0.4 is 32.3 Å². The fourth-order valence-corrected chi connectivity index (χ4v) is 14.2. The van der Waals surface area contributed by atoms with Crippen LogP contribution in [0.15, 0.2) is 246 Å². The maximum atomic E-state index is 13.3. The smallest absolute Gasteiger partial charge is 0.326 e. The molecule has 0 saturated heterocycles. The highest BCUT2D eigenvalue weighted by Crippen LogP contribution is 2.33. The molecule has 0 radical (unpaired) electrons. The molecule has 4 aromatic carbocycles. The number of anilines is 9. The van der Waals surface area contributed by atoms with Gasteiger partial charge in [-0.05, 0) is 273 Å². The highest BCUT2D eigenvalue weighted by molar-refractivity contribution is 9.11. The van der Waals surface area contributed by atoms with Gasteiger partial charge in [0.25, 0.3) is 0 Å². The predicted molar refractivity (Wildman–Crippen MR) is 518 cm³/mol. The van der Waals surface area contributed by atoms with Gasteiger partial charge >= 0.3 is 17.9 Å². The van der Waals surface area contributed by atoms with Crippen molar-refractivity contribution >= 4 is 202 Å². The molecule has 14 aromatic rings. The molecule has 0 fully saturated rings. The number of nitrogens with one attached hydrogen (secondary N) is 5. The van der Waals surface area contributed by atoms with E-state index in [1.807, 2.05) is 177 Å². The molecule has 3 amide bonds. The SMILES string of the molecule is CC(=O)c1cn(CC(=O)N(CC(=O)Nc2cccc(Br)n2)C(C)C)c2ccc(Nc3cccnc3)cc12.CC(=O)c1cn(CC(=O)O)c2ccc(Nc3cccnc3)cc12.CC(=O)c1cn(CC(=O)OC(C)(C)C)c2ccc(Br)cc12.CC(=O)c1cn(CC(=O)OC(C)(C)C)c2ccc(Nc3cccnc3)cc12.CC(C)CCC(=O)Nc1cccc(Br)n1.Nc1cccnc1. The summed E-state index contributed by atoms with van der Waals surface area (Å²) in [7, 11) is 0. The van der Waals surface area contributed by atoms with Crippen LogP contribution in [-0.4, -0.2) is 141 Å². The van der Waals surface area contributed by atoms with Crippen LogP contribution in [-0.2, 0) is 64.4 Å². The first-order chi connectivity index (χ1) is 61.6. The minimum absolute atomic E-state index is 0.0141. The number of benzene rings is 4. The van der Waals surface area contributed by atoms with E-state index < -0.39 is 17.2 Å². The minimum atomic E-state index is -0.949. The molecule has 14 rings (SSSR count). The first-order valence-corrected chi connectivity index (χ1v) is 43.7. The summed E-state index contributed by atoms with van der Waals surface area (Å²) in [5, 5.41) is 27.3. The Morgan fingerprint density at radius 3 is 1.10 bits per heavy atom. The Bertz CT molecular complexity index is 6350. The lowest BCUT2D eigenvalue weighted by Crippen LogP contribution is -2.43. The second-order valence-corrected chi connectivity index (χ2v) is 35.1. The number of ether oxygens (including phenoxy) is 2. The first kappa shape index (κ1) is 99.9. The van der Waals surface area contributed by atoms with Crippen LogP contribution in [0.5, 0.6) is 0 Å². The monoisotopic (exact) mass is 1950 g/mol. The molecule has 0 aliphatic heterocycles. The number of aromatic nitrogens is 10. The van der Waals surface area contributed by atoms with E-state index in [1.165, 1.54) is 32.6 Å². The normalized spacial score (nSPS) is 10.9. The van der Waals surface area contributed by atoms with Gasteiger partial charge in [0.15, 0.2) is 23.1 Å². The number of carbonyl (C=O) groups is 10. The lowest BCUT2D eigenvalue weighted by atomic mass is 10.1. The van der Waals surface area contributed by atoms with Crippen LogP contribution in [0.3, 0.4) is 0 Å². The topological polar surface area (TPSA) is 396 Å². The van der Waals surface area contributed by atoms with Crippen molar-refractivity contribution in [3.8, 4) is 0 Å². The molecular formula is C97H104Br3N17O13. The largest absolute Gasteiger partial charge is 0.480 e. The molecule has 10 heterocycles. The number of fused-ring (bicyclic) bond motifs is 4. The van der Waals surface area contributed by atoms with Crippen LogP contribution in [0.2, 0.25) is 0 Å². The molecule has 8 N–H and O–H groups in total. The summed E-state index contributed by atoms with van der Waals surface area (Å²) >= 11 is 9.93. The zero-order chi connectivity index (χ0) is 94.7. The number of esters is 2. The summed E-state index contributed by atoms with van der Waals surface area (Å²) in [6.07, 6.45) is 21.7. The van der Waals surface area contributed by atoms with Crippen LogP contribution in [0.25, 0.3) is 43.6 Å². The van der Waals surface area contributed by atoms with Gasteiger partial charge in [-0.15, -0.1) is 0 Å². The number of amides is 3. The first-order valence-electron chi connectivity index (χ1n) is 41.3. The molecule has 676 valence electrons. The Kier molecular flexibility index (Phi) is 35.9. The third-order valence-corrected chi connectivity index (χ3v) is 20.1. The van der Waals surface area contributed by atoms with E-state index in [0.717, 1.165) is 87.7 Å². The second kappa shape index (κ2) is 46.7. The maximum absolute atomic E-state index is 13.3. The van der Waals surface area contributed by atoms with Crippen molar-refractivity contribution in [2.75, 3.05) is 38.9 Å². The van der Waals surface area contributed by atoms with E-state index in [-0.39, 0.29) is 91.6 Å². The van der Waals surface area contributed by atoms with E-state index in [9.17, 15) is 47.9 Å². The molecule has 0 unspecified atom stereocenters. The van der Waals surface area contributed by atoms with Crippen molar-refractivity contribution in [3.05, 3.63) is 268 Å². The number of hydrogen-bond acceptors (Lipinski definition) is 22. The Balaban J connectivity index is 0.000000184. The molecule has 0 aliphatic carbocycles. The van der Waals surface area contributed by atoms with Crippen molar-refractivity contribution in [2.24, 2.45) is 5.92 Å². The number of nitrogens with two attached hydrogens (primary N) is 1. The van der Waals surface area contributed by atoms with Crippen LogP contribution in [0.1, 0.15) is 151 Å². The fourth-order valence-electron chi connectivity index (χ4n) is 13.1. The van der Waals surface area contributed by atoms with Crippen molar-refractivity contribution in [1.82, 2.24) is 53.1 Å². The second-order valence-electron chi connectivity index (χ2n) is 32.6. The van der Waals surface area contributed by atoms with Gasteiger partial charge < -0.3 is 70.1 Å². The number of aliphatic carboxylic acids is 1. The molecule has 30 nitrogen and oxygen atoms in total. The van der Waals surface area contributed by atoms with Crippen molar-refractivity contribution in [2.45, 2.75) is 153 Å². The van der Waals surface area contributed by atoms with Gasteiger partial charge in [0.1, 0.15) is 64.8 Å². The summed E-state index contributed by atoms with van der Waals surface area (Å²) in [6, 6.07) is 47.7. The fraction of sp³-hybridized carbons (Fsp3) is 0.258. The molecule has 0 spiro atoms. The quantitative estimate of drug-likeness (QED) is 0.0150. The molecule has 0 aliphatic rings. The number of carbonyl (C=O) groups excluding carboxylic acids is 9. The lowest BCUT2D eigenvalue weighted by Gasteiger charge is -2.26. The Morgan fingerprint density at radius 1 is 0.431 bits per heavy atom. The standard InChI is InChI=1S/C27H27BrN6O3.C21H23N3O3.C17H15N3O3.C16H18BrNO3.C11H15BrN2O.C5H6N2/c1-17(2)34(15-26(36)32-25-8-4-7-24(28)31-25)27(37)16-33-14-22(18(3)35)21-12-19(9-10-23(21)33)30-20-6-5-11-29-13-20;1-14(25)18-12-24(13-20(26)27-21(2,3)4)19-8-7-15(10-17(18)19)23-16-6-5-9-22-11-16;1-11(21)15-9-20(10-17(22)23)16-5-4-12(7-14(15)16)19-13-3-2-6-18-8-13;1-10(19)13-8-18(9-15(20)21-16(2,3)4)14-6-5-11(17)7-12(13)14;1-8(2)6-7-11(15)14-10-5-3-4-9(12)13-10;6-5-2-1-3-7-4-5/h4-14,17,30H,15-16H2,1-3H3,(H,31,32,36);5-12,23H,13H2,1-4H3;2-9,19H,10H2,1H3,(H,22,23);5-8H,9H2,1-4H3;3-5,8H,6-7H2,1-2H3,(H,13,14,15);1-4H,6H2. The van der Waals surface area contributed by atoms with Gasteiger partial charge in [-0.3, -0.25) is 67.9 Å². The number of hydrogen-bond donors (Lipinski definition) is 7. The summed E-state index contributed by atoms with van der Waals surface area (Å²) in [5.74, 6) is -0.916. The van der Waals surface area contributed by atoms with Crippen LogP contribution in [0, 0.1) is 5.92 Å². The minimum Gasteiger partial charge on any atom is -0.480 e. The highest BCUT2D eigenvalue weighted by atomic mass is 79.9. The van der Waals surface area contributed by atoms with E-state index >= 15 is 0 Å². The number of carboxylic acids is 1. The van der Waals surface area contributed by atoms with Gasteiger partial charge in [-0.25, -0.2) is 9.97 Å². The average molecular weight is 1960 g/mol. The molecule has 10 aromatic heterocycles. The van der Waals surface area contributed by atoms with E-state index in [2.05, 4.69) is 118 Å². The average Bonchev–Trinajstić information content (AvgIpc) is 1.66. The summed E-state index contributed by atoms with van der Waals surface area (Å²) in [5.41, 5.74) is 15.2. The van der Waals surface area contributed by atoms with E-state index in [1.54, 1.807) is 129 Å². The van der Waals surface area contributed by atoms with Crippen LogP contribution in [0.4, 0.5) is 51.4 Å². The Hall–Kier alpha value is -13.9. The van der Waals surface area contributed by atoms with Gasteiger partial charge in [0.05, 0.1) is 41.3 Å². The third-order valence-electron chi connectivity index (χ3n) is 18.8. The number of nitrogens with zero attached hydrogens (tertiary/aromatic N) is 11. The third kappa shape index (κ3) is 31.0. The van der Waals surface area contributed by atoms with Gasteiger partial charge in [0.2, 0.25) is 17.7 Å². The zero-order valence-electron chi connectivity index (χ0n) is 74.5. The predicted octanol–water partition coefficient (Wildman–Crippen LogP) is 20.2. The lowest BCUT2D eigenvalue weighted by molar-refractivity contribution is -0.156. The number of carboxylic acid groups (broad SMARTS) is 1. The number of Topliss-reactive ketones (excluding diaryl/α,β-unsaturated/α-hetero) is 4. The van der Waals surface area contributed by atoms with E-state index in [4.69, 9.17) is 20.3 Å². The van der Waals surface area contributed by atoms with Gasteiger partial charge in [-0.1, -0.05) is 41.9 Å². The number of halogens is 3. The van der Waals surface area contributed by atoms with Crippen molar-refractivity contribution in [1.29, 1.82) is 0 Å². The number of pyridine rings is 6. The summed E-state index contributed by atoms with van der Waals surface area (Å²) < 4.78 is 19.8. The molecule has 0 bridgehead atoms. The number of ketones is 4. The summed E-state index contributed by atoms with van der Waals surface area (Å²) in [6.45, 7) is 24.7. The maximum Gasteiger partial charge on any atom is 0.326 e.